The SMILES string of the molecule is Cc1ccccc1N(CC(=O)N(Cc1ccc(Cl)cc1Cl)[C@H](Cc1ccccc1)C(=O)NC(C)C)S(=O)(=O)c1ccccc1. The number of nitrogens with zero attached hydrogens (tertiary/aromatic N) is 2. The normalized spacial score (nSPS) is 12.0. The van der Waals surface area contributed by atoms with E-state index < -0.39 is 28.5 Å². The van der Waals surface area contributed by atoms with Crippen molar-refractivity contribution in [1.29, 1.82) is 0 Å². The van der Waals surface area contributed by atoms with Crippen LogP contribution < -0.4 is 9.62 Å². The molecule has 0 fully saturated rings. The largest absolute Gasteiger partial charge is 0.352 e. The predicted molar refractivity (Wildman–Crippen MR) is 176 cm³/mol. The van der Waals surface area contributed by atoms with Crippen molar-refractivity contribution >= 4 is 50.7 Å². The molecule has 10 heteroatoms. The van der Waals surface area contributed by atoms with Crippen LogP contribution >= 0.6 is 23.2 Å². The molecule has 230 valence electrons. The third-order valence-corrected chi connectivity index (χ3v) is 9.41. The van der Waals surface area contributed by atoms with Gasteiger partial charge in [-0.2, -0.15) is 0 Å². The van der Waals surface area contributed by atoms with Crippen molar-refractivity contribution < 1.29 is 18.0 Å². The van der Waals surface area contributed by atoms with Crippen LogP contribution in [-0.2, 0) is 32.6 Å². The zero-order valence-corrected chi connectivity index (χ0v) is 27.1. The van der Waals surface area contributed by atoms with Crippen LogP contribution in [0.4, 0.5) is 5.69 Å². The Bertz CT molecular complexity index is 1700. The molecule has 7 nitrogen and oxygen atoms in total. The first-order valence-electron chi connectivity index (χ1n) is 14.2. The van der Waals surface area contributed by atoms with Gasteiger partial charge in [-0.05, 0) is 67.8 Å². The van der Waals surface area contributed by atoms with E-state index in [9.17, 15) is 18.0 Å². The number of sulfonamides is 1. The number of hydrogen-bond donors (Lipinski definition) is 1. The van der Waals surface area contributed by atoms with E-state index in [-0.39, 0.29) is 29.8 Å². The number of amides is 2. The minimum absolute atomic E-state index is 0.0433. The standard InChI is InChI=1S/C34H35Cl2N3O4S/c1-24(2)37-34(41)32(20-26-13-6-4-7-14-26)38(22-27-18-19-28(35)21-30(27)36)33(40)23-39(31-17-11-10-12-25(31)3)44(42,43)29-15-8-5-9-16-29/h4-19,21,24,32H,20,22-23H2,1-3H3,(H,37,41)/t32-/m1/s1. The van der Waals surface area contributed by atoms with Gasteiger partial charge >= 0.3 is 0 Å². The minimum Gasteiger partial charge on any atom is -0.352 e. The summed E-state index contributed by atoms with van der Waals surface area (Å²) in [6.07, 6.45) is 0.201. The summed E-state index contributed by atoms with van der Waals surface area (Å²) in [7, 11) is -4.17. The molecule has 0 aromatic heterocycles. The Labute approximate surface area is 269 Å². The van der Waals surface area contributed by atoms with Crippen LogP contribution in [0, 0.1) is 6.92 Å². The van der Waals surface area contributed by atoms with E-state index in [0.29, 0.717) is 26.9 Å². The highest BCUT2D eigenvalue weighted by Gasteiger charge is 2.35. The fourth-order valence-corrected chi connectivity index (χ4v) is 6.81. The molecule has 4 aromatic rings. The van der Waals surface area contributed by atoms with Crippen LogP contribution in [0.15, 0.2) is 108 Å². The Morgan fingerprint density at radius 3 is 2.07 bits per heavy atom. The summed E-state index contributed by atoms with van der Waals surface area (Å²) in [6.45, 7) is 4.86. The average molecular weight is 653 g/mol. The molecule has 0 spiro atoms. The summed E-state index contributed by atoms with van der Waals surface area (Å²) in [6, 6.07) is 28.1. The maximum Gasteiger partial charge on any atom is 0.264 e. The first-order valence-corrected chi connectivity index (χ1v) is 16.4. The molecule has 0 saturated heterocycles. The molecule has 4 rings (SSSR count). The maximum atomic E-state index is 14.5. The van der Waals surface area contributed by atoms with E-state index in [1.165, 1.54) is 17.0 Å². The lowest BCUT2D eigenvalue weighted by atomic mass is 10.0. The number of rotatable bonds is 12. The summed E-state index contributed by atoms with van der Waals surface area (Å²) in [5.74, 6) is -0.936. The van der Waals surface area contributed by atoms with Crippen LogP contribution in [-0.4, -0.2) is 43.8 Å². The van der Waals surface area contributed by atoms with Crippen molar-refractivity contribution in [3.63, 3.8) is 0 Å². The van der Waals surface area contributed by atoms with Gasteiger partial charge in [0, 0.05) is 29.1 Å². The molecule has 0 aliphatic rings. The second kappa shape index (κ2) is 14.8. The van der Waals surface area contributed by atoms with Gasteiger partial charge in [0.15, 0.2) is 0 Å². The van der Waals surface area contributed by atoms with E-state index in [4.69, 9.17) is 23.2 Å². The molecule has 4 aromatic carbocycles. The molecule has 1 N–H and O–H groups in total. The van der Waals surface area contributed by atoms with Crippen LogP contribution in [0.3, 0.4) is 0 Å². The molecular formula is C34H35Cl2N3O4S. The van der Waals surface area contributed by atoms with Crippen molar-refractivity contribution in [1.82, 2.24) is 10.2 Å². The highest BCUT2D eigenvalue weighted by atomic mass is 35.5. The molecule has 0 saturated carbocycles. The molecule has 1 atom stereocenters. The number of benzene rings is 4. The number of hydrogen-bond acceptors (Lipinski definition) is 4. The second-order valence-electron chi connectivity index (χ2n) is 10.7. The van der Waals surface area contributed by atoms with E-state index >= 15 is 0 Å². The van der Waals surface area contributed by atoms with E-state index in [2.05, 4.69) is 5.32 Å². The highest BCUT2D eigenvalue weighted by molar-refractivity contribution is 7.92. The van der Waals surface area contributed by atoms with Crippen LogP contribution in [0.5, 0.6) is 0 Å². The lowest BCUT2D eigenvalue weighted by Gasteiger charge is -2.34. The lowest BCUT2D eigenvalue weighted by molar-refractivity contribution is -0.140. The first-order chi connectivity index (χ1) is 21.0. The summed E-state index contributed by atoms with van der Waals surface area (Å²) < 4.78 is 29.3. The molecule has 44 heavy (non-hydrogen) atoms. The molecule has 0 bridgehead atoms. The molecule has 0 heterocycles. The smallest absolute Gasteiger partial charge is 0.264 e. The number of aryl methyl sites for hydroxylation is 1. The van der Waals surface area contributed by atoms with Gasteiger partial charge in [0.25, 0.3) is 10.0 Å². The zero-order valence-electron chi connectivity index (χ0n) is 24.8. The van der Waals surface area contributed by atoms with Gasteiger partial charge in [-0.25, -0.2) is 8.42 Å². The Morgan fingerprint density at radius 2 is 1.45 bits per heavy atom. The molecule has 0 aliphatic heterocycles. The lowest BCUT2D eigenvalue weighted by Crippen LogP contribution is -2.54. The fraction of sp³-hybridized carbons (Fsp3) is 0.235. The number of carbonyl (C=O) groups is 2. The van der Waals surface area contributed by atoms with Gasteiger partial charge in [-0.1, -0.05) is 96.0 Å². The average Bonchev–Trinajstić information content (AvgIpc) is 2.99. The Balaban J connectivity index is 1.83. The quantitative estimate of drug-likeness (QED) is 0.186. The summed E-state index contributed by atoms with van der Waals surface area (Å²) in [5.41, 5.74) is 2.43. The molecule has 2 amide bonds. The van der Waals surface area contributed by atoms with Crippen molar-refractivity contribution in [2.24, 2.45) is 0 Å². The first kappa shape index (κ1) is 33.1. The summed E-state index contributed by atoms with van der Waals surface area (Å²) in [4.78, 5) is 29.7. The van der Waals surface area contributed by atoms with Crippen molar-refractivity contribution in [3.05, 3.63) is 130 Å². The number of halogens is 2. The molecular weight excluding hydrogens is 617 g/mol. The Kier molecular flexibility index (Phi) is 11.1. The molecule has 0 aliphatic carbocycles. The zero-order chi connectivity index (χ0) is 31.9. The van der Waals surface area contributed by atoms with Crippen molar-refractivity contribution in [2.75, 3.05) is 10.8 Å². The number of anilines is 1. The van der Waals surface area contributed by atoms with E-state index in [1.54, 1.807) is 67.6 Å². The second-order valence-corrected chi connectivity index (χ2v) is 13.4. The van der Waals surface area contributed by atoms with Crippen LogP contribution in [0.25, 0.3) is 0 Å². The van der Waals surface area contributed by atoms with Gasteiger partial charge in [-0.3, -0.25) is 13.9 Å². The number of para-hydroxylation sites is 1. The van der Waals surface area contributed by atoms with Crippen LogP contribution in [0.2, 0.25) is 10.0 Å². The predicted octanol–water partition coefficient (Wildman–Crippen LogP) is 6.66. The fourth-order valence-electron chi connectivity index (χ4n) is 4.84. The van der Waals surface area contributed by atoms with Gasteiger partial charge < -0.3 is 10.2 Å². The monoisotopic (exact) mass is 651 g/mol. The molecule has 0 unspecified atom stereocenters. The van der Waals surface area contributed by atoms with E-state index in [0.717, 1.165) is 9.87 Å². The number of nitrogens with one attached hydrogen (secondary N) is 1. The van der Waals surface area contributed by atoms with Gasteiger partial charge in [0.2, 0.25) is 11.8 Å². The Morgan fingerprint density at radius 1 is 0.841 bits per heavy atom. The van der Waals surface area contributed by atoms with Gasteiger partial charge in [-0.15, -0.1) is 0 Å². The van der Waals surface area contributed by atoms with Gasteiger partial charge in [0.05, 0.1) is 10.6 Å². The Hall–Kier alpha value is -3.85. The summed E-state index contributed by atoms with van der Waals surface area (Å²) >= 11 is 12.7. The number of carbonyl (C=O) groups excluding carboxylic acids is 2. The maximum absolute atomic E-state index is 14.5. The third-order valence-electron chi connectivity index (χ3n) is 7.05. The summed E-state index contributed by atoms with van der Waals surface area (Å²) in [5, 5.41) is 3.69. The van der Waals surface area contributed by atoms with Gasteiger partial charge in [0.1, 0.15) is 12.6 Å². The third kappa shape index (κ3) is 8.20. The molecule has 0 radical (unpaired) electrons. The minimum atomic E-state index is -4.17. The van der Waals surface area contributed by atoms with Crippen molar-refractivity contribution in [3.8, 4) is 0 Å². The highest BCUT2D eigenvalue weighted by Crippen LogP contribution is 2.29. The van der Waals surface area contributed by atoms with Crippen LogP contribution in [0.1, 0.15) is 30.5 Å². The van der Waals surface area contributed by atoms with Crippen molar-refractivity contribution in [2.45, 2.75) is 50.7 Å². The topological polar surface area (TPSA) is 86.8 Å². The van der Waals surface area contributed by atoms with E-state index in [1.807, 2.05) is 44.2 Å².